The molecule has 6 nitrogen and oxygen atoms in total. The Morgan fingerprint density at radius 1 is 1.48 bits per heavy atom. The lowest BCUT2D eigenvalue weighted by atomic mass is 10.2. The zero-order valence-electron chi connectivity index (χ0n) is 10.9. The van der Waals surface area contributed by atoms with Gasteiger partial charge in [0.25, 0.3) is 5.56 Å². The van der Waals surface area contributed by atoms with E-state index in [2.05, 4.69) is 4.98 Å². The number of carboxylic acids is 1. The number of thiophene rings is 1. The summed E-state index contributed by atoms with van der Waals surface area (Å²) < 4.78 is 1.77. The molecule has 0 aliphatic rings. The van der Waals surface area contributed by atoms with E-state index >= 15 is 0 Å². The number of fused-ring (bicyclic) bond motifs is 1. The minimum Gasteiger partial charge on any atom is -0.502 e. The molecule has 0 fully saturated rings. The van der Waals surface area contributed by atoms with Crippen molar-refractivity contribution in [2.75, 3.05) is 0 Å². The van der Waals surface area contributed by atoms with E-state index in [9.17, 15) is 19.8 Å². The van der Waals surface area contributed by atoms with Crippen LogP contribution in [0.5, 0.6) is 5.75 Å². The Balaban J connectivity index is 2.26. The fourth-order valence-corrected chi connectivity index (χ4v) is 3.86. The standard InChI is InChI=1S/C13H10N2O4S2/c1-6-14-4-7(21-6)5-15-8-2-3-20-11(8)9(13(18)19)10(16)12(15)17/h2-4,16H,5H2,1H3,(H,18,19). The molecule has 3 heterocycles. The summed E-state index contributed by atoms with van der Waals surface area (Å²) in [5, 5.41) is 21.7. The number of hydrogen-bond acceptors (Lipinski definition) is 6. The third kappa shape index (κ3) is 2.22. The molecule has 0 aliphatic heterocycles. The Bertz CT molecular complexity index is 907. The summed E-state index contributed by atoms with van der Waals surface area (Å²) in [7, 11) is 0. The van der Waals surface area contributed by atoms with Crippen molar-refractivity contribution in [2.45, 2.75) is 13.5 Å². The number of thiazole rings is 1. The molecule has 0 amide bonds. The maximum absolute atomic E-state index is 12.3. The van der Waals surface area contributed by atoms with E-state index in [0.717, 1.165) is 9.88 Å². The Morgan fingerprint density at radius 3 is 2.86 bits per heavy atom. The van der Waals surface area contributed by atoms with Crippen LogP contribution < -0.4 is 5.56 Å². The van der Waals surface area contributed by atoms with Gasteiger partial charge < -0.3 is 10.2 Å². The molecule has 3 rings (SSSR count). The number of aryl methyl sites for hydroxylation is 1. The molecule has 3 aromatic rings. The number of aromatic carboxylic acids is 1. The first kappa shape index (κ1) is 13.8. The highest BCUT2D eigenvalue weighted by molar-refractivity contribution is 7.17. The van der Waals surface area contributed by atoms with Crippen LogP contribution in [0.3, 0.4) is 0 Å². The van der Waals surface area contributed by atoms with Gasteiger partial charge in [-0.2, -0.15) is 0 Å². The minimum atomic E-state index is -1.31. The van der Waals surface area contributed by atoms with Crippen molar-refractivity contribution in [1.82, 2.24) is 9.55 Å². The zero-order chi connectivity index (χ0) is 15.1. The van der Waals surface area contributed by atoms with E-state index in [1.165, 1.54) is 27.2 Å². The summed E-state index contributed by atoms with van der Waals surface area (Å²) in [6, 6.07) is 1.68. The third-order valence-corrected chi connectivity index (χ3v) is 4.86. The summed E-state index contributed by atoms with van der Waals surface area (Å²) in [6.07, 6.45) is 1.67. The number of hydrogen-bond donors (Lipinski definition) is 2. The van der Waals surface area contributed by atoms with Crippen LogP contribution in [0.15, 0.2) is 22.4 Å². The predicted octanol–water partition coefficient (Wildman–Crippen LogP) is 2.28. The van der Waals surface area contributed by atoms with Gasteiger partial charge in [0.15, 0.2) is 5.75 Å². The van der Waals surface area contributed by atoms with Gasteiger partial charge in [-0.1, -0.05) is 0 Å². The normalized spacial score (nSPS) is 11.1. The van der Waals surface area contributed by atoms with Gasteiger partial charge in [0, 0.05) is 11.1 Å². The number of pyridine rings is 1. The van der Waals surface area contributed by atoms with Gasteiger partial charge in [-0.05, 0) is 18.4 Å². The summed E-state index contributed by atoms with van der Waals surface area (Å²) in [6.45, 7) is 2.12. The van der Waals surface area contributed by atoms with E-state index < -0.39 is 17.3 Å². The zero-order valence-corrected chi connectivity index (χ0v) is 12.5. The lowest BCUT2D eigenvalue weighted by Gasteiger charge is -2.09. The number of nitrogens with zero attached hydrogens (tertiary/aromatic N) is 2. The van der Waals surface area contributed by atoms with Crippen LogP contribution in [0.25, 0.3) is 10.2 Å². The maximum atomic E-state index is 12.3. The number of carboxylic acid groups (broad SMARTS) is 1. The van der Waals surface area contributed by atoms with Crippen LogP contribution in [0.4, 0.5) is 0 Å². The number of aromatic nitrogens is 2. The molecule has 0 spiro atoms. The topological polar surface area (TPSA) is 92.4 Å². The second-order valence-electron chi connectivity index (χ2n) is 4.40. The Hall–Kier alpha value is -2.19. The summed E-state index contributed by atoms with van der Waals surface area (Å²) in [5.74, 6) is -2.03. The highest BCUT2D eigenvalue weighted by atomic mass is 32.1. The first-order valence-electron chi connectivity index (χ1n) is 5.96. The number of carbonyl (C=O) groups is 1. The number of rotatable bonds is 3. The molecule has 0 radical (unpaired) electrons. The van der Waals surface area contributed by atoms with Crippen LogP contribution in [-0.4, -0.2) is 25.7 Å². The highest BCUT2D eigenvalue weighted by Gasteiger charge is 2.22. The van der Waals surface area contributed by atoms with E-state index in [1.807, 2.05) is 6.92 Å². The van der Waals surface area contributed by atoms with Gasteiger partial charge in [-0.25, -0.2) is 9.78 Å². The molecule has 0 saturated carbocycles. The molecular formula is C13H10N2O4S2. The molecule has 21 heavy (non-hydrogen) atoms. The monoisotopic (exact) mass is 322 g/mol. The molecule has 0 aromatic carbocycles. The summed E-state index contributed by atoms with van der Waals surface area (Å²) in [4.78, 5) is 28.5. The first-order chi connectivity index (χ1) is 9.99. The predicted molar refractivity (Wildman–Crippen MR) is 80.7 cm³/mol. The second-order valence-corrected chi connectivity index (χ2v) is 6.64. The van der Waals surface area contributed by atoms with Crippen molar-refractivity contribution in [1.29, 1.82) is 0 Å². The van der Waals surface area contributed by atoms with Crippen LogP contribution >= 0.6 is 22.7 Å². The average Bonchev–Trinajstić information content (AvgIpc) is 3.03. The van der Waals surface area contributed by atoms with Crippen LogP contribution in [0, 0.1) is 6.92 Å². The Morgan fingerprint density at radius 2 is 2.24 bits per heavy atom. The average molecular weight is 322 g/mol. The molecule has 108 valence electrons. The van der Waals surface area contributed by atoms with Crippen molar-refractivity contribution < 1.29 is 15.0 Å². The van der Waals surface area contributed by atoms with Gasteiger partial charge in [0.1, 0.15) is 5.56 Å². The van der Waals surface area contributed by atoms with Crippen LogP contribution in [0.1, 0.15) is 20.2 Å². The number of aromatic hydroxyl groups is 1. The first-order valence-corrected chi connectivity index (χ1v) is 7.66. The third-order valence-electron chi connectivity index (χ3n) is 3.04. The van der Waals surface area contributed by atoms with Crippen molar-refractivity contribution in [3.63, 3.8) is 0 Å². The summed E-state index contributed by atoms with van der Waals surface area (Å²) in [5.41, 5.74) is -0.530. The molecular weight excluding hydrogens is 312 g/mol. The van der Waals surface area contributed by atoms with Gasteiger partial charge in [0.05, 0.1) is 21.8 Å². The van der Waals surface area contributed by atoms with Crippen molar-refractivity contribution >= 4 is 38.9 Å². The minimum absolute atomic E-state index is 0.255. The van der Waals surface area contributed by atoms with Crippen molar-refractivity contribution in [3.8, 4) is 5.75 Å². The lowest BCUT2D eigenvalue weighted by molar-refractivity contribution is 0.0695. The molecule has 0 aliphatic carbocycles. The van der Waals surface area contributed by atoms with Gasteiger partial charge in [-0.3, -0.25) is 9.36 Å². The molecule has 3 aromatic heterocycles. The molecule has 8 heteroatoms. The lowest BCUT2D eigenvalue weighted by Crippen LogP contribution is -2.22. The van der Waals surface area contributed by atoms with E-state index in [4.69, 9.17) is 0 Å². The smallest absolute Gasteiger partial charge is 0.341 e. The fraction of sp³-hybridized carbons (Fsp3) is 0.154. The van der Waals surface area contributed by atoms with Gasteiger partial charge >= 0.3 is 5.97 Å². The molecule has 0 atom stereocenters. The van der Waals surface area contributed by atoms with Crippen LogP contribution in [0.2, 0.25) is 0 Å². The second kappa shape index (κ2) is 4.97. The Labute approximate surface area is 126 Å². The molecule has 0 bridgehead atoms. The maximum Gasteiger partial charge on any atom is 0.341 e. The van der Waals surface area contributed by atoms with E-state index in [1.54, 1.807) is 17.6 Å². The fourth-order valence-electron chi connectivity index (χ4n) is 2.14. The van der Waals surface area contributed by atoms with Crippen molar-refractivity contribution in [3.05, 3.63) is 43.4 Å². The summed E-state index contributed by atoms with van der Waals surface area (Å²) >= 11 is 2.64. The SMILES string of the molecule is Cc1ncc(Cn2c(=O)c(O)c(C(=O)O)c3sccc32)s1. The quantitative estimate of drug-likeness (QED) is 0.772. The van der Waals surface area contributed by atoms with E-state index in [-0.39, 0.29) is 12.1 Å². The molecule has 0 saturated heterocycles. The molecule has 2 N–H and O–H groups in total. The van der Waals surface area contributed by atoms with Crippen LogP contribution in [-0.2, 0) is 6.54 Å². The molecule has 0 unspecified atom stereocenters. The Kier molecular flexibility index (Phi) is 3.26. The van der Waals surface area contributed by atoms with Gasteiger partial charge in [0.2, 0.25) is 0 Å². The van der Waals surface area contributed by atoms with Gasteiger partial charge in [-0.15, -0.1) is 22.7 Å². The van der Waals surface area contributed by atoms with E-state index in [0.29, 0.717) is 10.2 Å². The van der Waals surface area contributed by atoms with Crippen molar-refractivity contribution in [2.24, 2.45) is 0 Å². The highest BCUT2D eigenvalue weighted by Crippen LogP contribution is 2.29. The largest absolute Gasteiger partial charge is 0.502 e.